The molecule has 0 aromatic heterocycles. The number of piperidine rings is 1. The fourth-order valence-electron chi connectivity index (χ4n) is 2.57. The fourth-order valence-corrected chi connectivity index (χ4v) is 2.57. The number of likely N-dealkylation sites (tertiary alicyclic amines) is 1. The summed E-state index contributed by atoms with van der Waals surface area (Å²) in [6, 6.07) is 4.58. The van der Waals surface area contributed by atoms with E-state index in [1.807, 2.05) is 0 Å². The van der Waals surface area contributed by atoms with Crippen molar-refractivity contribution in [1.29, 1.82) is 0 Å². The lowest BCUT2D eigenvalue weighted by molar-refractivity contribution is -0.274. The number of carboxylic acid groups (broad SMARTS) is 1. The zero-order valence-corrected chi connectivity index (χ0v) is 12.4. The quantitative estimate of drug-likeness (QED) is 0.925. The van der Waals surface area contributed by atoms with Crippen LogP contribution in [-0.4, -0.2) is 41.3 Å². The van der Waals surface area contributed by atoms with Gasteiger partial charge in [0.2, 0.25) is 0 Å². The molecule has 5 nitrogen and oxygen atoms in total. The second-order valence-electron chi connectivity index (χ2n) is 5.77. The number of carbonyl (C=O) groups excluding carboxylic acids is 1. The third kappa shape index (κ3) is 4.14. The van der Waals surface area contributed by atoms with Crippen LogP contribution in [0.25, 0.3) is 0 Å². The predicted molar refractivity (Wildman–Crippen MR) is 74.0 cm³/mol. The molecule has 1 aromatic carbocycles. The maximum absolute atomic E-state index is 12.4. The van der Waals surface area contributed by atoms with Crippen LogP contribution >= 0.6 is 0 Å². The second-order valence-corrected chi connectivity index (χ2v) is 5.77. The van der Waals surface area contributed by atoms with E-state index in [9.17, 15) is 27.9 Å². The third-order valence-corrected chi connectivity index (χ3v) is 3.83. The van der Waals surface area contributed by atoms with Crippen LogP contribution in [0.3, 0.4) is 0 Å². The van der Waals surface area contributed by atoms with Crippen LogP contribution in [0.2, 0.25) is 0 Å². The van der Waals surface area contributed by atoms with E-state index in [0.29, 0.717) is 19.4 Å². The van der Waals surface area contributed by atoms with Crippen molar-refractivity contribution in [3.05, 3.63) is 29.8 Å². The molecule has 1 aromatic rings. The fraction of sp³-hybridized carbons (Fsp3) is 0.467. The standard InChI is InChI=1S/C15H16F3NO4/c1-14(13(21)22)7-2-8-19(9-14)12(20)10-3-5-11(6-4-10)23-15(16,17)18/h3-6H,2,7-9H2,1H3,(H,21,22). The molecule has 1 amide bonds. The molecule has 2 rings (SSSR count). The topological polar surface area (TPSA) is 66.8 Å². The molecular formula is C15H16F3NO4. The summed E-state index contributed by atoms with van der Waals surface area (Å²) in [4.78, 5) is 25.1. The van der Waals surface area contributed by atoms with Crippen LogP contribution < -0.4 is 4.74 Å². The lowest BCUT2D eigenvalue weighted by Gasteiger charge is -2.37. The second kappa shape index (κ2) is 6.10. The summed E-state index contributed by atoms with van der Waals surface area (Å²) in [5.41, 5.74) is -0.818. The van der Waals surface area contributed by atoms with Gasteiger partial charge < -0.3 is 14.7 Å². The van der Waals surface area contributed by atoms with Crippen LogP contribution in [0.4, 0.5) is 13.2 Å². The van der Waals surface area contributed by atoms with Crippen LogP contribution in [0.1, 0.15) is 30.1 Å². The van der Waals surface area contributed by atoms with Crippen molar-refractivity contribution in [2.45, 2.75) is 26.1 Å². The number of carbonyl (C=O) groups is 2. The molecule has 0 bridgehead atoms. The summed E-state index contributed by atoms with van der Waals surface area (Å²) >= 11 is 0. The number of aliphatic carboxylic acids is 1. The molecule has 1 heterocycles. The van der Waals surface area contributed by atoms with Crippen molar-refractivity contribution in [3.63, 3.8) is 0 Å². The molecule has 1 saturated heterocycles. The minimum absolute atomic E-state index is 0.0714. The first kappa shape index (κ1) is 17.1. The molecule has 8 heteroatoms. The Kier molecular flexibility index (Phi) is 4.53. The summed E-state index contributed by atoms with van der Waals surface area (Å²) in [6.07, 6.45) is -3.75. The molecule has 1 unspecified atom stereocenters. The van der Waals surface area contributed by atoms with Gasteiger partial charge in [-0.05, 0) is 44.0 Å². The van der Waals surface area contributed by atoms with Gasteiger partial charge in [-0.25, -0.2) is 0 Å². The van der Waals surface area contributed by atoms with Crippen molar-refractivity contribution in [1.82, 2.24) is 4.90 Å². The number of rotatable bonds is 3. The van der Waals surface area contributed by atoms with Gasteiger partial charge in [0.05, 0.1) is 5.41 Å². The summed E-state index contributed by atoms with van der Waals surface area (Å²) in [5.74, 6) is -1.79. The maximum Gasteiger partial charge on any atom is 0.573 e. The van der Waals surface area contributed by atoms with Crippen molar-refractivity contribution >= 4 is 11.9 Å². The largest absolute Gasteiger partial charge is 0.573 e. The van der Waals surface area contributed by atoms with E-state index >= 15 is 0 Å². The highest BCUT2D eigenvalue weighted by Gasteiger charge is 2.39. The first-order valence-electron chi connectivity index (χ1n) is 6.99. The van der Waals surface area contributed by atoms with E-state index in [-0.39, 0.29) is 12.1 Å². The highest BCUT2D eigenvalue weighted by Crippen LogP contribution is 2.31. The number of hydrogen-bond acceptors (Lipinski definition) is 3. The highest BCUT2D eigenvalue weighted by molar-refractivity contribution is 5.94. The Balaban J connectivity index is 2.10. The molecule has 1 aliphatic rings. The summed E-state index contributed by atoms with van der Waals surface area (Å²) in [5, 5.41) is 9.25. The average Bonchev–Trinajstić information content (AvgIpc) is 2.45. The molecule has 1 fully saturated rings. The molecule has 126 valence electrons. The Morgan fingerprint density at radius 1 is 1.26 bits per heavy atom. The maximum atomic E-state index is 12.4. The molecular weight excluding hydrogens is 315 g/mol. The predicted octanol–water partition coefficient (Wildman–Crippen LogP) is 2.91. The number of ether oxygens (including phenoxy) is 1. The summed E-state index contributed by atoms with van der Waals surface area (Å²) < 4.78 is 40.0. The van der Waals surface area contributed by atoms with Gasteiger partial charge in [0.15, 0.2) is 0 Å². The Bertz CT molecular complexity index is 600. The summed E-state index contributed by atoms with van der Waals surface area (Å²) in [7, 11) is 0. The normalized spacial score (nSPS) is 21.8. The summed E-state index contributed by atoms with van der Waals surface area (Å²) in [6.45, 7) is 2.07. The molecule has 1 N–H and O–H groups in total. The Morgan fingerprint density at radius 2 is 1.87 bits per heavy atom. The van der Waals surface area contributed by atoms with Crippen molar-refractivity contribution in [3.8, 4) is 5.75 Å². The van der Waals surface area contributed by atoms with Gasteiger partial charge in [0.25, 0.3) is 5.91 Å². The molecule has 0 saturated carbocycles. The highest BCUT2D eigenvalue weighted by atomic mass is 19.4. The molecule has 1 aliphatic heterocycles. The molecule has 1 atom stereocenters. The number of amides is 1. The lowest BCUT2D eigenvalue weighted by atomic mass is 9.82. The van der Waals surface area contributed by atoms with Gasteiger partial charge >= 0.3 is 12.3 Å². The number of carboxylic acids is 1. The molecule has 0 aliphatic carbocycles. The van der Waals surface area contributed by atoms with Crippen molar-refractivity contribution in [2.24, 2.45) is 5.41 Å². The van der Waals surface area contributed by atoms with Gasteiger partial charge in [0, 0.05) is 18.7 Å². The van der Waals surface area contributed by atoms with Gasteiger partial charge in [0.1, 0.15) is 5.75 Å². The van der Waals surface area contributed by atoms with E-state index in [0.717, 1.165) is 12.1 Å². The monoisotopic (exact) mass is 331 g/mol. The number of halogens is 3. The first-order valence-corrected chi connectivity index (χ1v) is 6.99. The van der Waals surface area contributed by atoms with E-state index in [1.165, 1.54) is 17.0 Å². The molecule has 0 radical (unpaired) electrons. The van der Waals surface area contributed by atoms with Gasteiger partial charge in [-0.2, -0.15) is 0 Å². The third-order valence-electron chi connectivity index (χ3n) is 3.83. The van der Waals surface area contributed by atoms with Crippen LogP contribution in [0.5, 0.6) is 5.75 Å². The van der Waals surface area contributed by atoms with Gasteiger partial charge in [-0.15, -0.1) is 13.2 Å². The minimum Gasteiger partial charge on any atom is -0.481 e. The van der Waals surface area contributed by atoms with Crippen LogP contribution in [0.15, 0.2) is 24.3 Å². The van der Waals surface area contributed by atoms with Crippen molar-refractivity contribution in [2.75, 3.05) is 13.1 Å². The SMILES string of the molecule is CC1(C(=O)O)CCCN(C(=O)c2ccc(OC(F)(F)F)cc2)C1. The van der Waals surface area contributed by atoms with Crippen LogP contribution in [-0.2, 0) is 4.79 Å². The van der Waals surface area contributed by atoms with E-state index in [2.05, 4.69) is 4.74 Å². The number of hydrogen-bond donors (Lipinski definition) is 1. The van der Waals surface area contributed by atoms with E-state index in [4.69, 9.17) is 0 Å². The number of alkyl halides is 3. The zero-order valence-electron chi connectivity index (χ0n) is 12.4. The average molecular weight is 331 g/mol. The van der Waals surface area contributed by atoms with Gasteiger partial charge in [-0.3, -0.25) is 9.59 Å². The Labute approximate surface area is 130 Å². The van der Waals surface area contributed by atoms with Crippen molar-refractivity contribution < 1.29 is 32.6 Å². The number of nitrogens with zero attached hydrogens (tertiary/aromatic N) is 1. The van der Waals surface area contributed by atoms with E-state index < -0.39 is 29.4 Å². The molecule has 0 spiro atoms. The Hall–Kier alpha value is -2.25. The minimum atomic E-state index is -4.79. The molecule has 23 heavy (non-hydrogen) atoms. The Morgan fingerprint density at radius 3 is 2.39 bits per heavy atom. The van der Waals surface area contributed by atoms with E-state index in [1.54, 1.807) is 6.92 Å². The zero-order chi connectivity index (χ0) is 17.3. The smallest absolute Gasteiger partial charge is 0.481 e. The lowest BCUT2D eigenvalue weighted by Crippen LogP contribution is -2.48. The van der Waals surface area contributed by atoms with Gasteiger partial charge in [-0.1, -0.05) is 0 Å². The van der Waals surface area contributed by atoms with Crippen LogP contribution in [0, 0.1) is 5.41 Å². The number of benzene rings is 1. The first-order chi connectivity index (χ1) is 10.6.